The second kappa shape index (κ2) is 154. The fraction of sp³-hybridized carbons (Fsp3) is 0.944. The largest absolute Gasteiger partial charge is 4.00 e. The van der Waals surface area contributed by atoms with Gasteiger partial charge in [0.25, 0.3) is 0 Å². The van der Waals surface area contributed by atoms with Gasteiger partial charge in [-0.1, -0.05) is 678 Å². The van der Waals surface area contributed by atoms with Crippen LogP contribution in [0.15, 0.2) is 0 Å². The van der Waals surface area contributed by atoms with E-state index in [2.05, 4.69) is 48.5 Å². The van der Waals surface area contributed by atoms with Crippen molar-refractivity contribution in [3.05, 3.63) is 0 Å². The van der Waals surface area contributed by atoms with E-state index in [0.717, 1.165) is 89.9 Å². The topological polar surface area (TPSA) is 281 Å². The van der Waals surface area contributed by atoms with E-state index in [-0.39, 0.29) is 83.4 Å². The number of carbonyl (C=O) groups excluding carboxylic acids is 7. The Hall–Kier alpha value is -2.49. The summed E-state index contributed by atoms with van der Waals surface area (Å²) in [7, 11) is 0. The van der Waals surface area contributed by atoms with Crippen LogP contribution >= 0.6 is 0 Å². The Morgan fingerprint density at radius 2 is 0.141 bits per heavy atom. The molecule has 0 bridgehead atoms. The molecule has 0 saturated heterocycles. The number of carbonyl (C=O) groups is 7. The summed E-state index contributed by atoms with van der Waals surface area (Å²) >= 11 is 0. The summed E-state index contributed by atoms with van der Waals surface area (Å²) in [5, 5.41) is 71.6. The van der Waals surface area contributed by atoms with Crippen LogP contribution in [0.5, 0.6) is 0 Å². The fourth-order valence-corrected chi connectivity index (χ4v) is 18.5. The van der Waals surface area contributed by atoms with Crippen molar-refractivity contribution in [1.29, 1.82) is 0 Å². The van der Waals surface area contributed by atoms with Gasteiger partial charge in [-0.15, -0.1) is 0 Å². The molecule has 0 atom stereocenters. The van der Waals surface area contributed by atoms with Crippen molar-refractivity contribution in [2.45, 2.75) is 768 Å². The van der Waals surface area contributed by atoms with Crippen molar-refractivity contribution in [3.63, 3.8) is 0 Å². The van der Waals surface area contributed by atoms with Gasteiger partial charge in [-0.05, 0) is 89.9 Å². The molecular formula is C126H245AlMoO14. The maximum atomic E-state index is 10.2. The summed E-state index contributed by atoms with van der Waals surface area (Å²) in [5.74, 6) is -6.32. The fourth-order valence-electron chi connectivity index (χ4n) is 18.5. The summed E-state index contributed by atoms with van der Waals surface area (Å²) in [6.45, 7) is 15.9. The Labute approximate surface area is 910 Å². The Balaban J connectivity index is -0.000000207. The summed E-state index contributed by atoms with van der Waals surface area (Å²) in [6.07, 6.45) is 139. The van der Waals surface area contributed by atoms with Crippen LogP contribution in [-0.2, 0) is 54.6 Å². The summed E-state index contributed by atoms with van der Waals surface area (Å²) in [6, 6.07) is 0. The van der Waals surface area contributed by atoms with Crippen LogP contribution in [-0.4, -0.2) is 59.1 Å². The molecule has 0 spiro atoms. The van der Waals surface area contributed by atoms with Crippen molar-refractivity contribution >= 4 is 59.1 Å². The van der Waals surface area contributed by atoms with E-state index in [9.17, 15) is 69.3 Å². The van der Waals surface area contributed by atoms with Crippen molar-refractivity contribution in [2.24, 2.45) is 0 Å². The summed E-state index contributed by atoms with van der Waals surface area (Å²) < 4.78 is 0. The molecule has 0 aliphatic rings. The van der Waals surface area contributed by atoms with E-state index in [4.69, 9.17) is 0 Å². The van der Waals surface area contributed by atoms with Gasteiger partial charge in [0.15, 0.2) is 0 Å². The number of carboxylic acids is 7. The number of rotatable bonds is 112. The minimum Gasteiger partial charge on any atom is -0.550 e. The summed E-state index contributed by atoms with van der Waals surface area (Å²) in [4.78, 5) is 71.6. The van der Waals surface area contributed by atoms with Crippen LogP contribution in [0.2, 0.25) is 0 Å². The van der Waals surface area contributed by atoms with Crippen LogP contribution in [0.3, 0.4) is 0 Å². The number of hydrogen-bond donors (Lipinski definition) is 0. The third kappa shape index (κ3) is 189. The Morgan fingerprint density at radius 1 is 0.0986 bits per heavy atom. The quantitative estimate of drug-likeness (QED) is 0.0404. The van der Waals surface area contributed by atoms with Gasteiger partial charge in [0, 0.05) is 41.8 Å². The van der Waals surface area contributed by atoms with Gasteiger partial charge in [-0.2, -0.15) is 0 Å². The average molecular weight is 2110 g/mol. The minimum atomic E-state index is -0.903. The van der Waals surface area contributed by atoms with Crippen LogP contribution in [0.1, 0.15) is 768 Å². The molecule has 142 heavy (non-hydrogen) atoms. The molecule has 0 fully saturated rings. The molecule has 14 nitrogen and oxygen atoms in total. The second-order valence-corrected chi connectivity index (χ2v) is 42.5. The number of aliphatic carboxylic acids is 7. The zero-order valence-corrected chi connectivity index (χ0v) is 99.6. The van der Waals surface area contributed by atoms with E-state index in [1.54, 1.807) is 0 Å². The molecule has 0 N–H and O–H groups in total. The van der Waals surface area contributed by atoms with Gasteiger partial charge in [-0.3, -0.25) is 0 Å². The van der Waals surface area contributed by atoms with Gasteiger partial charge < -0.3 is 69.3 Å². The predicted molar refractivity (Wildman–Crippen MR) is 598 cm³/mol. The maximum absolute atomic E-state index is 10.2. The van der Waals surface area contributed by atoms with Gasteiger partial charge >= 0.3 is 38.4 Å². The molecule has 0 aromatic rings. The van der Waals surface area contributed by atoms with Crippen LogP contribution in [0, 0.1) is 0 Å². The third-order valence-corrected chi connectivity index (χ3v) is 27.9. The zero-order chi connectivity index (χ0) is 104. The minimum absolute atomic E-state index is 0. The van der Waals surface area contributed by atoms with Crippen molar-refractivity contribution in [2.75, 3.05) is 0 Å². The first-order valence-corrected chi connectivity index (χ1v) is 62.8. The predicted octanol–water partition coefficient (Wildman–Crippen LogP) is 34.6. The van der Waals surface area contributed by atoms with Crippen LogP contribution in [0.4, 0.5) is 0 Å². The van der Waals surface area contributed by atoms with Crippen LogP contribution < -0.4 is 35.7 Å². The molecule has 0 aliphatic carbocycles. The molecule has 0 radical (unpaired) electrons. The normalized spacial score (nSPS) is 10.7. The third-order valence-electron chi connectivity index (χ3n) is 27.9. The molecule has 0 amide bonds. The van der Waals surface area contributed by atoms with Crippen molar-refractivity contribution < 1.29 is 90.4 Å². The van der Waals surface area contributed by atoms with Crippen molar-refractivity contribution in [1.82, 2.24) is 0 Å². The number of carboxylic acid groups (broad SMARTS) is 7. The molecule has 0 saturated carbocycles. The van der Waals surface area contributed by atoms with Gasteiger partial charge in [0.2, 0.25) is 0 Å². The molecule has 0 aromatic carbocycles. The smallest absolute Gasteiger partial charge is 0.550 e. The van der Waals surface area contributed by atoms with Crippen molar-refractivity contribution in [3.8, 4) is 0 Å². The molecule has 0 aromatic heterocycles. The molecule has 0 rings (SSSR count). The number of hydrogen-bond acceptors (Lipinski definition) is 14. The molecule has 0 aliphatic heterocycles. The van der Waals surface area contributed by atoms with Gasteiger partial charge in [0.1, 0.15) is 0 Å². The molecular weight excluding hydrogens is 1860 g/mol. The molecule has 0 heterocycles. The first-order valence-electron chi connectivity index (χ1n) is 62.8. The van der Waals surface area contributed by atoms with E-state index < -0.39 is 41.8 Å². The van der Waals surface area contributed by atoms with E-state index >= 15 is 0 Å². The Morgan fingerprint density at radius 3 is 0.183 bits per heavy atom. The SMILES string of the molecule is CCCCCCCCCCCCCCCCCC(=O)[O-].CCCCCCCCCCCCCCCCCC(=O)[O-].CCCCCCCCCCCCCCCCCC(=O)[O-].CCCCCCCCCCCCCCCCCC(=O)[O-].CCCCCCCCCCCCCCCCCC(=O)[O-].CCCCCCCCCCCCCCCCCC(=O)[O-].CCCCCCCCCCCCCCCCCC(=O)[O-].[Al+3].[Mo+4]. The molecule has 842 valence electrons. The first kappa shape index (κ1) is 157. The van der Waals surface area contributed by atoms with Gasteiger partial charge in [-0.25, -0.2) is 0 Å². The number of unbranched alkanes of at least 4 members (excludes halogenated alkanes) is 98. The monoisotopic (exact) mass is 2110 g/mol. The van der Waals surface area contributed by atoms with Gasteiger partial charge in [0.05, 0.1) is 0 Å². The Bertz CT molecular complexity index is 1860. The molecule has 0 unspecified atom stereocenters. The molecule has 16 heteroatoms. The van der Waals surface area contributed by atoms with E-state index in [1.807, 2.05) is 0 Å². The van der Waals surface area contributed by atoms with E-state index in [1.165, 1.54) is 584 Å². The van der Waals surface area contributed by atoms with E-state index in [0.29, 0.717) is 0 Å². The zero-order valence-electron chi connectivity index (χ0n) is 96.4. The van der Waals surface area contributed by atoms with Crippen LogP contribution in [0.25, 0.3) is 0 Å². The second-order valence-electron chi connectivity index (χ2n) is 42.5. The average Bonchev–Trinajstić information content (AvgIpc) is 1.11. The summed E-state index contributed by atoms with van der Waals surface area (Å²) in [5.41, 5.74) is 0. The standard InChI is InChI=1S/7C18H36O2.Al.Mo/c7*1-2-3-4-5-6-7-8-9-10-11-12-13-14-15-16-17-18(19)20;;/h7*2-17H2,1H3,(H,19,20);;/q;;;;;;;+3;+4/p-7. The Kier molecular flexibility index (Phi) is 170. The first-order chi connectivity index (χ1) is 68.4. The maximum Gasteiger partial charge on any atom is 4.00 e.